The first-order valence-corrected chi connectivity index (χ1v) is 4.78. The van der Waals surface area contributed by atoms with E-state index in [0.29, 0.717) is 0 Å². The van der Waals surface area contributed by atoms with Crippen LogP contribution in [0.1, 0.15) is 0 Å². The highest BCUT2D eigenvalue weighted by molar-refractivity contribution is 5.50. The highest BCUT2D eigenvalue weighted by Gasteiger charge is 2.08. The van der Waals surface area contributed by atoms with Gasteiger partial charge in [0.25, 0.3) is 0 Å². The fourth-order valence-corrected chi connectivity index (χ4v) is 1.30. The second-order valence-corrected chi connectivity index (χ2v) is 3.41. The van der Waals surface area contributed by atoms with Crippen LogP contribution < -0.4 is 4.74 Å². The van der Waals surface area contributed by atoms with Crippen molar-refractivity contribution in [2.45, 2.75) is 0 Å². The van der Waals surface area contributed by atoms with E-state index in [9.17, 15) is 10.2 Å². The quantitative estimate of drug-likeness (QED) is 0.640. The minimum atomic E-state index is -0.252. The van der Waals surface area contributed by atoms with Crippen LogP contribution in [0.2, 0.25) is 0 Å². The lowest BCUT2D eigenvalue weighted by Crippen LogP contribution is -1.85. The van der Waals surface area contributed by atoms with Crippen LogP contribution in [0.25, 0.3) is 0 Å². The summed E-state index contributed by atoms with van der Waals surface area (Å²) in [5.74, 6) is -0.517. The lowest BCUT2D eigenvalue weighted by atomic mass is 10.3. The third kappa shape index (κ3) is 2.34. The maximum Gasteiger partial charge on any atom is 0.169 e. The molecule has 0 spiro atoms. The molecule has 0 unspecified atom stereocenters. The number of hydrogen-bond acceptors (Lipinski definition) is 5. The molecule has 0 aliphatic carbocycles. The average molecular weight is 234 g/mol. The Kier molecular flexibility index (Phi) is 2.66. The maximum absolute atomic E-state index is 9.48. The third-order valence-electron chi connectivity index (χ3n) is 2.10. The molecule has 0 heterocycles. The van der Waals surface area contributed by atoms with Crippen LogP contribution in [0.5, 0.6) is 34.5 Å². The SMILES string of the molecule is Oc1ccc(Oc2ccc(O)cc2O)c(O)c1. The summed E-state index contributed by atoms with van der Waals surface area (Å²) in [6.07, 6.45) is 0. The first-order chi connectivity index (χ1) is 8.06. The summed E-state index contributed by atoms with van der Waals surface area (Å²) in [5.41, 5.74) is 0. The summed E-state index contributed by atoms with van der Waals surface area (Å²) in [5, 5.41) is 37.2. The Morgan fingerprint density at radius 2 is 1.06 bits per heavy atom. The number of hydrogen-bond donors (Lipinski definition) is 4. The van der Waals surface area contributed by atoms with Gasteiger partial charge in [-0.3, -0.25) is 0 Å². The molecular weight excluding hydrogens is 224 g/mol. The zero-order chi connectivity index (χ0) is 12.4. The molecule has 4 N–H and O–H groups in total. The molecule has 0 fully saturated rings. The van der Waals surface area contributed by atoms with E-state index in [1.54, 1.807) is 0 Å². The molecule has 0 radical (unpaired) electrons. The summed E-state index contributed by atoms with van der Waals surface area (Å²) < 4.78 is 5.23. The van der Waals surface area contributed by atoms with Crippen molar-refractivity contribution < 1.29 is 25.2 Å². The van der Waals surface area contributed by atoms with E-state index in [4.69, 9.17) is 14.9 Å². The van der Waals surface area contributed by atoms with Crippen molar-refractivity contribution in [1.29, 1.82) is 0 Å². The Labute approximate surface area is 96.8 Å². The van der Waals surface area contributed by atoms with Gasteiger partial charge in [-0.1, -0.05) is 0 Å². The number of ether oxygens (including phenoxy) is 1. The van der Waals surface area contributed by atoms with Gasteiger partial charge in [0.05, 0.1) is 0 Å². The molecule has 0 saturated carbocycles. The summed E-state index contributed by atoms with van der Waals surface area (Å²) in [4.78, 5) is 0. The van der Waals surface area contributed by atoms with Gasteiger partial charge in [-0.15, -0.1) is 0 Å². The highest BCUT2D eigenvalue weighted by atomic mass is 16.5. The van der Waals surface area contributed by atoms with Gasteiger partial charge in [0.2, 0.25) is 0 Å². The first kappa shape index (κ1) is 10.9. The maximum atomic E-state index is 9.48. The summed E-state index contributed by atoms with van der Waals surface area (Å²) in [6, 6.07) is 7.63. The van der Waals surface area contributed by atoms with Gasteiger partial charge in [0.15, 0.2) is 23.0 Å². The van der Waals surface area contributed by atoms with Crippen LogP contribution in [0.15, 0.2) is 36.4 Å². The van der Waals surface area contributed by atoms with Crippen LogP contribution in [0.4, 0.5) is 0 Å². The molecule has 88 valence electrons. The minimum absolute atomic E-state index is 0.0868. The summed E-state index contributed by atoms with van der Waals surface area (Å²) in [6.45, 7) is 0. The van der Waals surface area contributed by atoms with Gasteiger partial charge in [-0.05, 0) is 24.3 Å². The zero-order valence-corrected chi connectivity index (χ0v) is 8.66. The van der Waals surface area contributed by atoms with E-state index >= 15 is 0 Å². The average Bonchev–Trinajstić information content (AvgIpc) is 2.25. The van der Waals surface area contributed by atoms with Crippen molar-refractivity contribution in [2.24, 2.45) is 0 Å². The Morgan fingerprint density at radius 3 is 1.41 bits per heavy atom. The number of rotatable bonds is 2. The lowest BCUT2D eigenvalue weighted by Gasteiger charge is -2.09. The molecule has 0 aliphatic heterocycles. The molecular formula is C12H10O5. The molecule has 17 heavy (non-hydrogen) atoms. The molecule has 2 rings (SSSR count). The van der Waals surface area contributed by atoms with Crippen LogP contribution in [0.3, 0.4) is 0 Å². The Bertz CT molecular complexity index is 501. The Morgan fingerprint density at radius 1 is 0.647 bits per heavy atom. The van der Waals surface area contributed by atoms with Gasteiger partial charge in [0, 0.05) is 12.1 Å². The standard InChI is InChI=1S/C12H10O5/c13-7-1-3-11(9(15)5-7)17-12-4-2-8(14)6-10(12)16/h1-6,13-16H. The van der Waals surface area contributed by atoms with Gasteiger partial charge in [-0.2, -0.15) is 0 Å². The van der Waals surface area contributed by atoms with Crippen molar-refractivity contribution in [1.82, 2.24) is 0 Å². The zero-order valence-electron chi connectivity index (χ0n) is 8.66. The van der Waals surface area contributed by atoms with Gasteiger partial charge < -0.3 is 25.2 Å². The van der Waals surface area contributed by atoms with Gasteiger partial charge >= 0.3 is 0 Å². The van der Waals surface area contributed by atoms with Crippen molar-refractivity contribution >= 4 is 0 Å². The molecule has 5 heteroatoms. The monoisotopic (exact) mass is 234 g/mol. The second kappa shape index (κ2) is 4.13. The van der Waals surface area contributed by atoms with Crippen molar-refractivity contribution in [3.63, 3.8) is 0 Å². The molecule has 0 atom stereocenters. The van der Waals surface area contributed by atoms with Crippen molar-refractivity contribution in [3.05, 3.63) is 36.4 Å². The number of phenolic OH excluding ortho intramolecular Hbond substituents is 4. The van der Waals surface area contributed by atoms with E-state index in [-0.39, 0.29) is 34.5 Å². The largest absolute Gasteiger partial charge is 0.508 e. The normalized spacial score (nSPS) is 10.1. The predicted molar refractivity (Wildman–Crippen MR) is 59.6 cm³/mol. The third-order valence-corrected chi connectivity index (χ3v) is 2.10. The van der Waals surface area contributed by atoms with Crippen molar-refractivity contribution in [3.8, 4) is 34.5 Å². The topological polar surface area (TPSA) is 90.2 Å². The van der Waals surface area contributed by atoms with Crippen LogP contribution >= 0.6 is 0 Å². The van der Waals surface area contributed by atoms with Crippen LogP contribution in [0, 0.1) is 0 Å². The van der Waals surface area contributed by atoms with Crippen molar-refractivity contribution in [2.75, 3.05) is 0 Å². The van der Waals surface area contributed by atoms with Gasteiger partial charge in [-0.25, -0.2) is 0 Å². The fraction of sp³-hybridized carbons (Fsp3) is 0. The fourth-order valence-electron chi connectivity index (χ4n) is 1.30. The van der Waals surface area contributed by atoms with E-state index in [0.717, 1.165) is 12.1 Å². The predicted octanol–water partition coefficient (Wildman–Crippen LogP) is 2.30. The Balaban J connectivity index is 2.31. The summed E-state index contributed by atoms with van der Waals surface area (Å²) >= 11 is 0. The lowest BCUT2D eigenvalue weighted by molar-refractivity contribution is 0.378. The smallest absolute Gasteiger partial charge is 0.169 e. The number of benzene rings is 2. The van der Waals surface area contributed by atoms with E-state index in [2.05, 4.69) is 0 Å². The number of phenols is 4. The first-order valence-electron chi connectivity index (χ1n) is 4.78. The molecule has 2 aromatic rings. The van der Waals surface area contributed by atoms with E-state index in [1.807, 2.05) is 0 Å². The Hall–Kier alpha value is -2.56. The second-order valence-electron chi connectivity index (χ2n) is 3.41. The molecule has 5 nitrogen and oxygen atoms in total. The van der Waals surface area contributed by atoms with Crippen LogP contribution in [-0.4, -0.2) is 20.4 Å². The molecule has 0 amide bonds. The molecule has 0 saturated heterocycles. The summed E-state index contributed by atoms with van der Waals surface area (Å²) in [7, 11) is 0. The molecule has 2 aromatic carbocycles. The molecule has 0 aromatic heterocycles. The van der Waals surface area contributed by atoms with Crippen LogP contribution in [-0.2, 0) is 0 Å². The minimum Gasteiger partial charge on any atom is -0.508 e. The highest BCUT2D eigenvalue weighted by Crippen LogP contribution is 2.37. The molecule has 0 bridgehead atoms. The number of aromatic hydroxyl groups is 4. The molecule has 0 aliphatic rings. The van der Waals surface area contributed by atoms with E-state index < -0.39 is 0 Å². The van der Waals surface area contributed by atoms with E-state index in [1.165, 1.54) is 24.3 Å². The van der Waals surface area contributed by atoms with Gasteiger partial charge in [0.1, 0.15) is 11.5 Å².